The lowest BCUT2D eigenvalue weighted by Gasteiger charge is -2.21. The molecule has 0 radical (unpaired) electrons. The number of benzene rings is 1. The second-order valence-corrected chi connectivity index (χ2v) is 5.24. The third-order valence-electron chi connectivity index (χ3n) is 2.60. The number of rotatable bonds is 4. The van der Waals surface area contributed by atoms with E-state index in [9.17, 15) is 4.39 Å². The molecule has 0 atom stereocenters. The van der Waals surface area contributed by atoms with E-state index in [0.717, 1.165) is 17.8 Å². The largest absolute Gasteiger partial charge is 0.370 e. The van der Waals surface area contributed by atoms with Gasteiger partial charge in [-0.3, -0.25) is 0 Å². The van der Waals surface area contributed by atoms with Crippen molar-refractivity contribution in [2.45, 2.75) is 11.9 Å². The van der Waals surface area contributed by atoms with Gasteiger partial charge >= 0.3 is 0 Å². The predicted molar refractivity (Wildman–Crippen MR) is 75.5 cm³/mol. The predicted octanol–water partition coefficient (Wildman–Crippen LogP) is 4.42. The highest BCUT2D eigenvalue weighted by molar-refractivity contribution is 9.08. The molecule has 2 aromatic rings. The summed E-state index contributed by atoms with van der Waals surface area (Å²) in [6.45, 7) is 0.842. The molecule has 0 unspecified atom stereocenters. The van der Waals surface area contributed by atoms with Crippen LogP contribution in [0.1, 0.15) is 11.1 Å². The minimum Gasteiger partial charge on any atom is -0.370 e. The molecule has 17 heavy (non-hydrogen) atoms. The quantitative estimate of drug-likeness (QED) is 0.755. The fraction of sp³-hybridized carbons (Fsp3) is 0.231. The van der Waals surface area contributed by atoms with Crippen molar-refractivity contribution in [2.24, 2.45) is 0 Å². The van der Waals surface area contributed by atoms with Gasteiger partial charge in [-0.15, -0.1) is 0 Å². The molecule has 0 fully saturated rings. The third kappa shape index (κ3) is 3.07. The van der Waals surface area contributed by atoms with Gasteiger partial charge in [-0.2, -0.15) is 11.3 Å². The van der Waals surface area contributed by atoms with E-state index in [2.05, 4.69) is 37.7 Å². The van der Waals surface area contributed by atoms with Crippen molar-refractivity contribution >= 4 is 33.0 Å². The van der Waals surface area contributed by atoms with Gasteiger partial charge in [0.25, 0.3) is 0 Å². The lowest BCUT2D eigenvalue weighted by atomic mass is 10.1. The Bertz CT molecular complexity index is 484. The van der Waals surface area contributed by atoms with Gasteiger partial charge in [0.1, 0.15) is 5.82 Å². The Morgan fingerprint density at radius 1 is 1.35 bits per heavy atom. The van der Waals surface area contributed by atoms with Crippen LogP contribution in [0.25, 0.3) is 0 Å². The number of halogens is 2. The first-order valence-corrected chi connectivity index (χ1v) is 7.33. The first-order valence-electron chi connectivity index (χ1n) is 5.27. The molecule has 90 valence electrons. The highest BCUT2D eigenvalue weighted by atomic mass is 79.9. The van der Waals surface area contributed by atoms with Crippen LogP contribution in [0.15, 0.2) is 35.0 Å². The van der Waals surface area contributed by atoms with E-state index in [4.69, 9.17) is 0 Å². The minimum atomic E-state index is -0.188. The fourth-order valence-electron chi connectivity index (χ4n) is 1.78. The second kappa shape index (κ2) is 5.65. The van der Waals surface area contributed by atoms with Crippen molar-refractivity contribution in [1.82, 2.24) is 0 Å². The average Bonchev–Trinajstić information content (AvgIpc) is 2.81. The molecule has 0 bridgehead atoms. The van der Waals surface area contributed by atoms with Gasteiger partial charge in [-0.05, 0) is 46.2 Å². The van der Waals surface area contributed by atoms with E-state index >= 15 is 0 Å². The van der Waals surface area contributed by atoms with Crippen LogP contribution >= 0.6 is 27.3 Å². The van der Waals surface area contributed by atoms with Crippen LogP contribution in [0, 0.1) is 5.82 Å². The first kappa shape index (κ1) is 12.6. The van der Waals surface area contributed by atoms with Gasteiger partial charge in [0, 0.05) is 24.6 Å². The van der Waals surface area contributed by atoms with Gasteiger partial charge in [-0.25, -0.2) is 4.39 Å². The molecular formula is C13H13BrFNS. The number of alkyl halides is 1. The first-order chi connectivity index (χ1) is 8.20. The van der Waals surface area contributed by atoms with Gasteiger partial charge in [0.15, 0.2) is 0 Å². The van der Waals surface area contributed by atoms with E-state index in [0.29, 0.717) is 5.33 Å². The Hall–Kier alpha value is -0.870. The average molecular weight is 314 g/mol. The Balaban J connectivity index is 2.21. The number of anilines is 1. The van der Waals surface area contributed by atoms with Crippen LogP contribution in [0.5, 0.6) is 0 Å². The molecule has 0 aliphatic heterocycles. The molecule has 4 heteroatoms. The monoisotopic (exact) mass is 313 g/mol. The zero-order valence-electron chi connectivity index (χ0n) is 9.49. The Kier molecular flexibility index (Phi) is 4.18. The van der Waals surface area contributed by atoms with E-state index < -0.39 is 0 Å². The Morgan fingerprint density at radius 2 is 2.18 bits per heavy atom. The summed E-state index contributed by atoms with van der Waals surface area (Å²) in [5.41, 5.74) is 3.32. The smallest absolute Gasteiger partial charge is 0.123 e. The summed E-state index contributed by atoms with van der Waals surface area (Å²) < 4.78 is 13.1. The van der Waals surface area contributed by atoms with Crippen molar-refractivity contribution in [3.8, 4) is 0 Å². The summed E-state index contributed by atoms with van der Waals surface area (Å²) >= 11 is 5.09. The maximum Gasteiger partial charge on any atom is 0.123 e. The summed E-state index contributed by atoms with van der Waals surface area (Å²) in [4.78, 5) is 2.14. The van der Waals surface area contributed by atoms with E-state index in [1.165, 1.54) is 11.6 Å². The van der Waals surface area contributed by atoms with Crippen molar-refractivity contribution in [2.75, 3.05) is 11.9 Å². The van der Waals surface area contributed by atoms with Crippen LogP contribution in [0.2, 0.25) is 0 Å². The standard InChI is InChI=1S/C13H13BrFNS/c1-16(8-10-4-5-17-9-10)13-3-2-12(15)6-11(13)7-14/h2-6,9H,7-8H2,1H3. The third-order valence-corrected chi connectivity index (χ3v) is 3.93. The molecular weight excluding hydrogens is 301 g/mol. The van der Waals surface area contributed by atoms with Crippen LogP contribution in [-0.2, 0) is 11.9 Å². The van der Waals surface area contributed by atoms with Gasteiger partial charge in [-0.1, -0.05) is 15.9 Å². The summed E-state index contributed by atoms with van der Waals surface area (Å²) in [7, 11) is 2.02. The molecule has 0 saturated carbocycles. The summed E-state index contributed by atoms with van der Waals surface area (Å²) in [6.07, 6.45) is 0. The van der Waals surface area contributed by atoms with Crippen molar-refractivity contribution in [3.05, 3.63) is 52.0 Å². The molecule has 2 rings (SSSR count). The highest BCUT2D eigenvalue weighted by Gasteiger charge is 2.08. The van der Waals surface area contributed by atoms with E-state index in [-0.39, 0.29) is 5.82 Å². The molecule has 0 amide bonds. The zero-order chi connectivity index (χ0) is 12.3. The summed E-state index contributed by atoms with van der Waals surface area (Å²) in [5.74, 6) is -0.188. The van der Waals surface area contributed by atoms with E-state index in [1.54, 1.807) is 17.4 Å². The Morgan fingerprint density at radius 3 is 2.82 bits per heavy atom. The maximum absolute atomic E-state index is 13.1. The molecule has 1 heterocycles. The maximum atomic E-state index is 13.1. The second-order valence-electron chi connectivity index (χ2n) is 3.89. The van der Waals surface area contributed by atoms with Crippen molar-refractivity contribution in [3.63, 3.8) is 0 Å². The van der Waals surface area contributed by atoms with Crippen molar-refractivity contribution < 1.29 is 4.39 Å². The number of hydrogen-bond acceptors (Lipinski definition) is 2. The number of hydrogen-bond donors (Lipinski definition) is 0. The van der Waals surface area contributed by atoms with Crippen LogP contribution < -0.4 is 4.90 Å². The zero-order valence-corrected chi connectivity index (χ0v) is 11.9. The van der Waals surface area contributed by atoms with Gasteiger partial charge in [0.2, 0.25) is 0 Å². The van der Waals surface area contributed by atoms with E-state index in [1.807, 2.05) is 13.1 Å². The SMILES string of the molecule is CN(Cc1ccsc1)c1ccc(F)cc1CBr. The lowest BCUT2D eigenvalue weighted by molar-refractivity contribution is 0.626. The fourth-order valence-corrected chi connectivity index (χ4v) is 2.88. The van der Waals surface area contributed by atoms with Crippen LogP contribution in [0.3, 0.4) is 0 Å². The molecule has 1 nitrogen and oxygen atoms in total. The van der Waals surface area contributed by atoms with Gasteiger partial charge < -0.3 is 4.90 Å². The topological polar surface area (TPSA) is 3.24 Å². The molecule has 0 aliphatic rings. The Labute approximate surface area is 113 Å². The van der Waals surface area contributed by atoms with Crippen molar-refractivity contribution in [1.29, 1.82) is 0 Å². The molecule has 1 aromatic carbocycles. The minimum absolute atomic E-state index is 0.188. The molecule has 1 aromatic heterocycles. The number of nitrogens with zero attached hydrogens (tertiary/aromatic N) is 1. The summed E-state index contributed by atoms with van der Waals surface area (Å²) in [6, 6.07) is 7.02. The molecule has 0 aliphatic carbocycles. The van der Waals surface area contributed by atoms with Crippen LogP contribution in [-0.4, -0.2) is 7.05 Å². The lowest BCUT2D eigenvalue weighted by Crippen LogP contribution is -2.17. The highest BCUT2D eigenvalue weighted by Crippen LogP contribution is 2.24. The summed E-state index contributed by atoms with van der Waals surface area (Å²) in [5, 5.41) is 4.86. The normalized spacial score (nSPS) is 10.5. The van der Waals surface area contributed by atoms with Crippen LogP contribution in [0.4, 0.5) is 10.1 Å². The molecule has 0 saturated heterocycles. The molecule has 0 N–H and O–H groups in total. The van der Waals surface area contributed by atoms with Gasteiger partial charge in [0.05, 0.1) is 0 Å². The molecule has 0 spiro atoms. The number of thiophene rings is 1.